The van der Waals surface area contributed by atoms with E-state index in [1.807, 2.05) is 23.9 Å². The molecule has 0 bridgehead atoms. The molecule has 214 valence electrons. The van der Waals surface area contributed by atoms with Crippen LogP contribution in [0.4, 0.5) is 4.39 Å². The van der Waals surface area contributed by atoms with Crippen LogP contribution in [0.3, 0.4) is 0 Å². The third-order valence-electron chi connectivity index (χ3n) is 7.73. The number of hydrogen-bond donors (Lipinski definition) is 0. The van der Waals surface area contributed by atoms with Crippen LogP contribution in [0.2, 0.25) is 5.02 Å². The van der Waals surface area contributed by atoms with Gasteiger partial charge in [0.1, 0.15) is 10.8 Å². The molecule has 1 amide bonds. The molecule has 1 aliphatic carbocycles. The predicted octanol–water partition coefficient (Wildman–Crippen LogP) is 5.64. The van der Waals surface area contributed by atoms with Gasteiger partial charge in [0.25, 0.3) is 11.5 Å². The van der Waals surface area contributed by atoms with Crippen LogP contribution in [0.25, 0.3) is 6.20 Å². The summed E-state index contributed by atoms with van der Waals surface area (Å²) in [7, 11) is 3.13. The number of aliphatic imine (C=N–C) groups is 1. The summed E-state index contributed by atoms with van der Waals surface area (Å²) in [6.07, 6.45) is 9.12. The zero-order chi connectivity index (χ0) is 29.4. The number of aromatic nitrogens is 3. The highest BCUT2D eigenvalue weighted by Crippen LogP contribution is 2.62. The number of amides is 1. The number of ether oxygens (including phenoxy) is 1. The van der Waals surface area contributed by atoms with Crippen molar-refractivity contribution < 1.29 is 13.9 Å². The number of carbonyl (C=O) groups excluding carboxylic acids is 1. The molecule has 1 saturated carbocycles. The molecule has 41 heavy (non-hydrogen) atoms. The minimum Gasteiger partial charge on any atom is -0.478 e. The lowest BCUT2D eigenvalue weighted by molar-refractivity contribution is 0.0823. The molecule has 0 N–H and O–H groups in total. The maximum atomic E-state index is 15.5. The van der Waals surface area contributed by atoms with Gasteiger partial charge in [-0.15, -0.1) is 0 Å². The molecule has 1 aliphatic heterocycles. The van der Waals surface area contributed by atoms with Gasteiger partial charge < -0.3 is 9.64 Å². The van der Waals surface area contributed by atoms with Gasteiger partial charge in [0.15, 0.2) is 0 Å². The Morgan fingerprint density at radius 2 is 1.98 bits per heavy atom. The minimum absolute atomic E-state index is 0.0620. The first-order chi connectivity index (χ1) is 19.6. The lowest BCUT2D eigenvalue weighted by Crippen LogP contribution is -2.23. The zero-order valence-corrected chi connectivity index (χ0v) is 24.5. The topological polar surface area (TPSA) is 81.7 Å². The van der Waals surface area contributed by atoms with Crippen molar-refractivity contribution in [3.05, 3.63) is 98.0 Å². The van der Waals surface area contributed by atoms with Crippen LogP contribution in [-0.2, 0) is 6.54 Å². The highest BCUT2D eigenvalue weighted by atomic mass is 35.5. The normalized spacial score (nSPS) is 20.4. The average molecular weight is 578 g/mol. The first kappa shape index (κ1) is 28.5. The van der Waals surface area contributed by atoms with Crippen LogP contribution < -0.4 is 10.3 Å². The van der Waals surface area contributed by atoms with E-state index in [0.29, 0.717) is 12.3 Å². The number of halogens is 2. The van der Waals surface area contributed by atoms with E-state index in [4.69, 9.17) is 16.3 Å². The summed E-state index contributed by atoms with van der Waals surface area (Å²) in [6.45, 7) is 7.28. The van der Waals surface area contributed by atoms with E-state index in [-0.39, 0.29) is 45.2 Å². The van der Waals surface area contributed by atoms with E-state index >= 15 is 4.39 Å². The van der Waals surface area contributed by atoms with E-state index in [9.17, 15) is 9.59 Å². The van der Waals surface area contributed by atoms with Crippen LogP contribution >= 0.6 is 11.6 Å². The Balaban J connectivity index is 1.48. The van der Waals surface area contributed by atoms with E-state index < -0.39 is 11.7 Å². The Morgan fingerprint density at radius 1 is 1.24 bits per heavy atom. The molecule has 0 spiro atoms. The quantitative estimate of drug-likeness (QED) is 0.340. The molecule has 3 atom stereocenters. The molecule has 0 radical (unpaired) electrons. The van der Waals surface area contributed by atoms with Gasteiger partial charge in [-0.05, 0) is 55.5 Å². The maximum absolute atomic E-state index is 15.5. The van der Waals surface area contributed by atoms with E-state index in [2.05, 4.69) is 17.0 Å². The van der Waals surface area contributed by atoms with Crippen molar-refractivity contribution in [3.8, 4) is 5.88 Å². The third-order valence-corrected chi connectivity index (χ3v) is 8.11. The van der Waals surface area contributed by atoms with Crippen molar-refractivity contribution in [3.63, 3.8) is 0 Å². The molecular weight excluding hydrogens is 545 g/mol. The number of nitrogens with zero attached hydrogens (tertiary/aromatic N) is 5. The van der Waals surface area contributed by atoms with Crippen molar-refractivity contribution in [2.75, 3.05) is 20.7 Å². The van der Waals surface area contributed by atoms with Gasteiger partial charge >= 0.3 is 0 Å². The molecule has 3 heterocycles. The number of allylic oxidation sites excluding steroid dienone is 2. The number of aryl methyl sites for hydroxylation is 2. The summed E-state index contributed by atoms with van der Waals surface area (Å²) in [5.74, 6) is 0.192. The molecule has 2 unspecified atom stereocenters. The van der Waals surface area contributed by atoms with Crippen LogP contribution in [0.15, 0.2) is 58.6 Å². The highest BCUT2D eigenvalue weighted by Gasteiger charge is 2.52. The van der Waals surface area contributed by atoms with Crippen LogP contribution in [0.1, 0.15) is 64.8 Å². The monoisotopic (exact) mass is 577 g/mol. The summed E-state index contributed by atoms with van der Waals surface area (Å²) in [6, 6.07) is 6.52. The molecule has 1 aromatic carbocycles. The molecule has 8 nitrogen and oxygen atoms in total. The largest absolute Gasteiger partial charge is 0.478 e. The Labute approximate surface area is 243 Å². The van der Waals surface area contributed by atoms with Crippen LogP contribution in [0, 0.1) is 18.7 Å². The van der Waals surface area contributed by atoms with E-state index in [1.165, 1.54) is 27.9 Å². The summed E-state index contributed by atoms with van der Waals surface area (Å²) in [5, 5.41) is 4.64. The first-order valence-corrected chi connectivity index (χ1v) is 14.0. The Morgan fingerprint density at radius 3 is 2.71 bits per heavy atom. The molecule has 3 aromatic rings. The van der Waals surface area contributed by atoms with Crippen molar-refractivity contribution in [2.24, 2.45) is 10.9 Å². The molecule has 10 heteroatoms. The zero-order valence-electron chi connectivity index (χ0n) is 23.8. The van der Waals surface area contributed by atoms with Crippen LogP contribution in [0.5, 0.6) is 5.88 Å². The summed E-state index contributed by atoms with van der Waals surface area (Å²) in [4.78, 5) is 31.7. The molecule has 2 aromatic heterocycles. The van der Waals surface area contributed by atoms with Gasteiger partial charge in [-0.2, -0.15) is 5.10 Å². The van der Waals surface area contributed by atoms with E-state index in [0.717, 1.165) is 30.0 Å². The highest BCUT2D eigenvalue weighted by molar-refractivity contribution is 6.31. The summed E-state index contributed by atoms with van der Waals surface area (Å²) < 4.78 is 24.7. The smallest absolute Gasteiger partial charge is 0.273 e. The SMILES string of the molecule is C/C=C/N=C(/C=C/n1c(C)cc(C2C(c3cnn4c3OCCC4)[C@H]2C)c(Cl)c1=O)c1cccc(C(=O)N(C)C)c1F. The number of rotatable bonds is 7. The van der Waals surface area contributed by atoms with Gasteiger partial charge in [0.05, 0.1) is 24.1 Å². The van der Waals surface area contributed by atoms with E-state index in [1.54, 1.807) is 45.3 Å². The number of pyridine rings is 1. The Kier molecular flexibility index (Phi) is 8.00. The van der Waals surface area contributed by atoms with Gasteiger partial charge in [-0.1, -0.05) is 30.7 Å². The lowest BCUT2D eigenvalue weighted by Gasteiger charge is -2.16. The van der Waals surface area contributed by atoms with Gasteiger partial charge in [-0.25, -0.2) is 9.07 Å². The molecule has 0 saturated heterocycles. The second kappa shape index (κ2) is 11.5. The minimum atomic E-state index is -0.684. The number of carbonyl (C=O) groups is 1. The average Bonchev–Trinajstić information content (AvgIpc) is 3.42. The summed E-state index contributed by atoms with van der Waals surface area (Å²) >= 11 is 6.70. The third kappa shape index (κ3) is 5.26. The van der Waals surface area contributed by atoms with Crippen molar-refractivity contribution in [1.29, 1.82) is 0 Å². The van der Waals surface area contributed by atoms with Gasteiger partial charge in [0.2, 0.25) is 5.88 Å². The Bertz CT molecular complexity index is 1650. The predicted molar refractivity (Wildman–Crippen MR) is 159 cm³/mol. The van der Waals surface area contributed by atoms with Crippen molar-refractivity contribution >= 4 is 29.4 Å². The number of hydrogen-bond acceptors (Lipinski definition) is 5. The second-order valence-electron chi connectivity index (χ2n) is 10.7. The fourth-order valence-corrected chi connectivity index (χ4v) is 5.82. The second-order valence-corrected chi connectivity index (χ2v) is 11.0. The number of fused-ring (bicyclic) bond motifs is 1. The van der Waals surface area contributed by atoms with Crippen molar-refractivity contribution in [2.45, 2.75) is 45.6 Å². The first-order valence-electron chi connectivity index (χ1n) is 13.6. The van der Waals surface area contributed by atoms with Crippen molar-refractivity contribution in [1.82, 2.24) is 19.2 Å². The molecule has 1 fully saturated rings. The van der Waals surface area contributed by atoms with Gasteiger partial charge in [-0.3, -0.25) is 19.1 Å². The lowest BCUT2D eigenvalue weighted by atomic mass is 10.0. The Hall–Kier alpha value is -3.98. The molecular formula is C31H33ClFN5O3. The number of benzene rings is 1. The fraction of sp³-hybridized carbons (Fsp3) is 0.355. The molecule has 2 aliphatic rings. The maximum Gasteiger partial charge on any atom is 0.273 e. The summed E-state index contributed by atoms with van der Waals surface area (Å²) in [5.41, 5.74) is 2.50. The van der Waals surface area contributed by atoms with Gasteiger partial charge in [0, 0.05) is 62.2 Å². The fourth-order valence-electron chi connectivity index (χ4n) is 5.55. The molecule has 5 rings (SSSR count). The van der Waals surface area contributed by atoms with Crippen LogP contribution in [-0.4, -0.2) is 51.6 Å². The standard InChI is InChI=1S/C31H33ClFN5O3/c1-6-12-34-24(20-9-7-10-21(28(20)33)29(39)36(4)5)11-14-37-18(2)16-22(27(32)30(37)40)25-19(3)26(25)23-17-35-38-13-8-15-41-31(23)38/h6-7,9-12,14,16-17,19,25-26H,8,13,15H2,1-5H3/b12-6+,14-11+,34-24-/t19-,25?,26?/m0/s1.